The molecule has 0 spiro atoms. The molecule has 0 bridgehead atoms. The second-order valence-corrected chi connectivity index (χ2v) is 3.72. The Hall–Kier alpha value is -1.62. The van der Waals surface area contributed by atoms with Crippen LogP contribution >= 0.6 is 0 Å². The van der Waals surface area contributed by atoms with Gasteiger partial charge in [-0.1, -0.05) is 12.1 Å². The van der Waals surface area contributed by atoms with E-state index in [9.17, 15) is 9.18 Å². The van der Waals surface area contributed by atoms with E-state index in [4.69, 9.17) is 5.11 Å². The molecular formula is C12H17FN2O2. The SMILES string of the molecule is O=C(O)NCCCNCCc1cccc(F)c1. The monoisotopic (exact) mass is 240 g/mol. The lowest BCUT2D eigenvalue weighted by Crippen LogP contribution is -2.26. The molecule has 0 aliphatic carbocycles. The van der Waals surface area contributed by atoms with E-state index in [2.05, 4.69) is 10.6 Å². The van der Waals surface area contributed by atoms with Gasteiger partial charge in [0.05, 0.1) is 0 Å². The Balaban J connectivity index is 2.03. The predicted molar refractivity (Wildman–Crippen MR) is 63.6 cm³/mol. The third-order valence-electron chi connectivity index (χ3n) is 2.29. The van der Waals surface area contributed by atoms with Gasteiger partial charge >= 0.3 is 6.09 Å². The van der Waals surface area contributed by atoms with E-state index in [-0.39, 0.29) is 5.82 Å². The van der Waals surface area contributed by atoms with Crippen molar-refractivity contribution in [2.75, 3.05) is 19.6 Å². The summed E-state index contributed by atoms with van der Waals surface area (Å²) in [5, 5.41) is 13.8. The van der Waals surface area contributed by atoms with Crippen LogP contribution in [0.15, 0.2) is 24.3 Å². The lowest BCUT2D eigenvalue weighted by atomic mass is 10.1. The maximum Gasteiger partial charge on any atom is 0.404 e. The van der Waals surface area contributed by atoms with Gasteiger partial charge in [-0.05, 0) is 43.6 Å². The molecule has 5 heteroatoms. The van der Waals surface area contributed by atoms with Crippen molar-refractivity contribution in [3.8, 4) is 0 Å². The Kier molecular flexibility index (Phi) is 6.03. The van der Waals surface area contributed by atoms with E-state index in [1.54, 1.807) is 6.07 Å². The minimum Gasteiger partial charge on any atom is -0.465 e. The molecule has 1 rings (SSSR count). The smallest absolute Gasteiger partial charge is 0.404 e. The first-order chi connectivity index (χ1) is 8.18. The van der Waals surface area contributed by atoms with Crippen LogP contribution in [0.2, 0.25) is 0 Å². The van der Waals surface area contributed by atoms with Crippen molar-refractivity contribution in [1.82, 2.24) is 10.6 Å². The van der Waals surface area contributed by atoms with Crippen molar-refractivity contribution in [3.63, 3.8) is 0 Å². The maximum absolute atomic E-state index is 12.8. The molecule has 1 aromatic carbocycles. The molecule has 0 atom stereocenters. The molecule has 0 saturated heterocycles. The number of hydrogen-bond acceptors (Lipinski definition) is 2. The summed E-state index contributed by atoms with van der Waals surface area (Å²) in [4.78, 5) is 10.1. The number of amides is 1. The lowest BCUT2D eigenvalue weighted by Gasteiger charge is -2.05. The van der Waals surface area contributed by atoms with Crippen LogP contribution in [0.3, 0.4) is 0 Å². The summed E-state index contributed by atoms with van der Waals surface area (Å²) < 4.78 is 12.8. The summed E-state index contributed by atoms with van der Waals surface area (Å²) in [6, 6.07) is 6.53. The minimum absolute atomic E-state index is 0.215. The molecule has 94 valence electrons. The molecule has 0 heterocycles. The molecule has 1 amide bonds. The quantitative estimate of drug-likeness (QED) is 0.635. The molecule has 0 aromatic heterocycles. The topological polar surface area (TPSA) is 61.4 Å². The van der Waals surface area contributed by atoms with Crippen LogP contribution in [0.25, 0.3) is 0 Å². The largest absolute Gasteiger partial charge is 0.465 e. The molecule has 3 N–H and O–H groups in total. The highest BCUT2D eigenvalue weighted by atomic mass is 19.1. The van der Waals surface area contributed by atoms with Crippen molar-refractivity contribution < 1.29 is 14.3 Å². The second-order valence-electron chi connectivity index (χ2n) is 3.72. The van der Waals surface area contributed by atoms with Crippen LogP contribution in [-0.2, 0) is 6.42 Å². The number of rotatable bonds is 7. The summed E-state index contributed by atoms with van der Waals surface area (Å²) in [6.07, 6.45) is 0.518. The molecule has 0 fully saturated rings. The summed E-state index contributed by atoms with van der Waals surface area (Å²) >= 11 is 0. The molecule has 1 aromatic rings. The van der Waals surface area contributed by atoms with Crippen molar-refractivity contribution >= 4 is 6.09 Å². The number of halogens is 1. The van der Waals surface area contributed by atoms with Gasteiger partial charge in [-0.15, -0.1) is 0 Å². The lowest BCUT2D eigenvalue weighted by molar-refractivity contribution is 0.194. The molecule has 0 unspecified atom stereocenters. The van der Waals surface area contributed by atoms with Crippen LogP contribution in [0.4, 0.5) is 9.18 Å². The van der Waals surface area contributed by atoms with E-state index >= 15 is 0 Å². The molecule has 0 saturated carbocycles. The van der Waals surface area contributed by atoms with Crippen molar-refractivity contribution in [2.45, 2.75) is 12.8 Å². The van der Waals surface area contributed by atoms with Gasteiger partial charge in [0.2, 0.25) is 0 Å². The first-order valence-electron chi connectivity index (χ1n) is 5.60. The molecule has 4 nitrogen and oxygen atoms in total. The number of carboxylic acid groups (broad SMARTS) is 1. The average molecular weight is 240 g/mol. The summed E-state index contributed by atoms with van der Waals surface area (Å²) in [5.74, 6) is -0.215. The first kappa shape index (κ1) is 13.4. The van der Waals surface area contributed by atoms with Crippen LogP contribution in [0.1, 0.15) is 12.0 Å². The third kappa shape index (κ3) is 6.52. The van der Waals surface area contributed by atoms with Gasteiger partial charge in [0.25, 0.3) is 0 Å². The Morgan fingerprint density at radius 1 is 1.29 bits per heavy atom. The van der Waals surface area contributed by atoms with Gasteiger partial charge in [0.15, 0.2) is 0 Å². The van der Waals surface area contributed by atoms with Crippen LogP contribution < -0.4 is 10.6 Å². The summed E-state index contributed by atoms with van der Waals surface area (Å²) in [6.45, 7) is 1.95. The van der Waals surface area contributed by atoms with E-state index in [1.165, 1.54) is 12.1 Å². The number of hydrogen-bond donors (Lipinski definition) is 3. The minimum atomic E-state index is -0.996. The zero-order valence-corrected chi connectivity index (χ0v) is 9.58. The van der Waals surface area contributed by atoms with Gasteiger partial charge in [0.1, 0.15) is 5.82 Å². The van der Waals surface area contributed by atoms with Crippen LogP contribution in [0.5, 0.6) is 0 Å². The van der Waals surface area contributed by atoms with Crippen molar-refractivity contribution in [2.24, 2.45) is 0 Å². The van der Waals surface area contributed by atoms with E-state index in [1.807, 2.05) is 6.07 Å². The van der Waals surface area contributed by atoms with E-state index < -0.39 is 6.09 Å². The number of carbonyl (C=O) groups is 1. The fraction of sp³-hybridized carbons (Fsp3) is 0.417. The maximum atomic E-state index is 12.8. The Bertz CT molecular complexity index is 358. The molecule has 0 aliphatic heterocycles. The van der Waals surface area contributed by atoms with Gasteiger partial charge < -0.3 is 15.7 Å². The third-order valence-corrected chi connectivity index (χ3v) is 2.29. The zero-order valence-electron chi connectivity index (χ0n) is 9.58. The van der Waals surface area contributed by atoms with Crippen LogP contribution in [-0.4, -0.2) is 30.8 Å². The standard InChI is InChI=1S/C12H17FN2O2/c13-11-4-1-3-10(9-11)5-8-14-6-2-7-15-12(16)17/h1,3-4,9,14-15H,2,5-8H2,(H,16,17). The summed E-state index contributed by atoms with van der Waals surface area (Å²) in [7, 11) is 0. The van der Waals surface area contributed by atoms with Gasteiger partial charge in [0, 0.05) is 6.54 Å². The predicted octanol–water partition coefficient (Wildman–Crippen LogP) is 1.62. The van der Waals surface area contributed by atoms with Crippen LogP contribution in [0, 0.1) is 5.82 Å². The Morgan fingerprint density at radius 2 is 2.12 bits per heavy atom. The Labute approximate surface area is 99.8 Å². The summed E-state index contributed by atoms with van der Waals surface area (Å²) in [5.41, 5.74) is 0.959. The second kappa shape index (κ2) is 7.62. The van der Waals surface area contributed by atoms with Crippen molar-refractivity contribution in [3.05, 3.63) is 35.6 Å². The Morgan fingerprint density at radius 3 is 2.82 bits per heavy atom. The van der Waals surface area contributed by atoms with Crippen molar-refractivity contribution in [1.29, 1.82) is 0 Å². The molecule has 0 aliphatic rings. The van der Waals surface area contributed by atoms with Gasteiger partial charge in [-0.25, -0.2) is 9.18 Å². The van der Waals surface area contributed by atoms with Gasteiger partial charge in [-0.3, -0.25) is 0 Å². The molecule has 0 radical (unpaired) electrons. The normalized spacial score (nSPS) is 10.2. The average Bonchev–Trinajstić information content (AvgIpc) is 2.27. The van der Waals surface area contributed by atoms with E-state index in [0.29, 0.717) is 6.54 Å². The zero-order chi connectivity index (χ0) is 12.5. The fourth-order valence-corrected chi connectivity index (χ4v) is 1.46. The number of benzene rings is 1. The van der Waals surface area contributed by atoms with Gasteiger partial charge in [-0.2, -0.15) is 0 Å². The fourth-order valence-electron chi connectivity index (χ4n) is 1.46. The highest BCUT2D eigenvalue weighted by Gasteiger charge is 1.96. The molecule has 17 heavy (non-hydrogen) atoms. The highest BCUT2D eigenvalue weighted by molar-refractivity contribution is 5.64. The number of nitrogens with one attached hydrogen (secondary N) is 2. The van der Waals surface area contributed by atoms with E-state index in [0.717, 1.165) is 31.5 Å². The highest BCUT2D eigenvalue weighted by Crippen LogP contribution is 2.03. The molecular weight excluding hydrogens is 223 g/mol. The first-order valence-corrected chi connectivity index (χ1v) is 5.60.